The van der Waals surface area contributed by atoms with Crippen LogP contribution in [0.2, 0.25) is 0 Å². The molecule has 0 saturated carbocycles. The molecule has 0 bridgehead atoms. The first-order valence-electron chi connectivity index (χ1n) is 8.22. The summed E-state index contributed by atoms with van der Waals surface area (Å²) in [5.41, 5.74) is 1.67. The lowest BCUT2D eigenvalue weighted by Gasteiger charge is -2.25. The Hall–Kier alpha value is -1.83. The van der Waals surface area contributed by atoms with Crippen molar-refractivity contribution in [3.63, 3.8) is 0 Å². The average molecular weight is 394 g/mol. The maximum absolute atomic E-state index is 12.9. The normalized spacial score (nSPS) is 13.8. The number of benzene rings is 2. The van der Waals surface area contributed by atoms with Gasteiger partial charge in [-0.05, 0) is 37.8 Å². The van der Waals surface area contributed by atoms with Crippen molar-refractivity contribution in [1.29, 1.82) is 0 Å². The second-order valence-corrected chi connectivity index (χ2v) is 8.42. The first-order valence-corrected chi connectivity index (χ1v) is 11.0. The summed E-state index contributed by atoms with van der Waals surface area (Å²) in [5.74, 6) is -0.444. The molecule has 0 unspecified atom stereocenters. The highest BCUT2D eigenvalue weighted by atomic mass is 32.2. The van der Waals surface area contributed by atoms with E-state index in [0.717, 1.165) is 5.56 Å². The third-order valence-corrected chi connectivity index (χ3v) is 6.28. The van der Waals surface area contributed by atoms with Gasteiger partial charge in [0.1, 0.15) is 5.25 Å². The average Bonchev–Trinajstić information content (AvgIpc) is 2.63. The molecule has 0 fully saturated rings. The number of esters is 1. The number of ether oxygens (including phenoxy) is 1. The van der Waals surface area contributed by atoms with Gasteiger partial charge in [0.2, 0.25) is 10.0 Å². The lowest BCUT2D eigenvalue weighted by atomic mass is 10.0. The van der Waals surface area contributed by atoms with E-state index in [0.29, 0.717) is 5.56 Å². The molecule has 2 rings (SSSR count). The summed E-state index contributed by atoms with van der Waals surface area (Å²) in [7, 11) is -3.80. The Labute approximate surface area is 159 Å². The number of nitrogens with one attached hydrogen (secondary N) is 1. The van der Waals surface area contributed by atoms with Crippen molar-refractivity contribution in [2.45, 2.75) is 30.0 Å². The van der Waals surface area contributed by atoms with E-state index in [1.54, 1.807) is 49.6 Å². The number of hydrogen-bond acceptors (Lipinski definition) is 5. The van der Waals surface area contributed by atoms with Crippen LogP contribution in [0.25, 0.3) is 0 Å². The van der Waals surface area contributed by atoms with Gasteiger partial charge in [0.15, 0.2) is 0 Å². The summed E-state index contributed by atoms with van der Waals surface area (Å²) in [5, 5.41) is -0.697. The number of rotatable bonds is 8. The molecule has 0 aromatic heterocycles. The van der Waals surface area contributed by atoms with Gasteiger partial charge in [0.05, 0.1) is 17.5 Å². The molecule has 0 aliphatic rings. The summed E-state index contributed by atoms with van der Waals surface area (Å²) in [6.45, 7) is 3.85. The van der Waals surface area contributed by atoms with Gasteiger partial charge in [0, 0.05) is 0 Å². The van der Waals surface area contributed by atoms with Crippen molar-refractivity contribution in [1.82, 2.24) is 4.72 Å². The van der Waals surface area contributed by atoms with Crippen LogP contribution in [-0.4, -0.2) is 32.5 Å². The number of aryl methyl sites for hydroxylation is 1. The van der Waals surface area contributed by atoms with Gasteiger partial charge in [-0.25, -0.2) is 13.1 Å². The van der Waals surface area contributed by atoms with Gasteiger partial charge in [-0.1, -0.05) is 48.0 Å². The van der Waals surface area contributed by atoms with E-state index in [1.165, 1.54) is 11.8 Å². The fourth-order valence-electron chi connectivity index (χ4n) is 2.51. The predicted molar refractivity (Wildman–Crippen MR) is 105 cm³/mol. The van der Waals surface area contributed by atoms with Crippen LogP contribution in [0.5, 0.6) is 0 Å². The summed E-state index contributed by atoms with van der Waals surface area (Å²) in [6.07, 6.45) is 1.76. The first kappa shape index (κ1) is 20.5. The zero-order valence-corrected chi connectivity index (χ0v) is 16.6. The van der Waals surface area contributed by atoms with Crippen LogP contribution in [0.4, 0.5) is 0 Å². The van der Waals surface area contributed by atoms with Crippen LogP contribution in [0, 0.1) is 6.92 Å². The Morgan fingerprint density at radius 3 is 2.27 bits per heavy atom. The van der Waals surface area contributed by atoms with Crippen LogP contribution < -0.4 is 4.72 Å². The van der Waals surface area contributed by atoms with Crippen LogP contribution in [-0.2, 0) is 19.6 Å². The highest BCUT2D eigenvalue weighted by molar-refractivity contribution is 8.00. The smallest absolute Gasteiger partial charge is 0.321 e. The zero-order chi connectivity index (χ0) is 19.2. The zero-order valence-electron chi connectivity index (χ0n) is 15.0. The molecule has 7 heteroatoms. The highest BCUT2D eigenvalue weighted by Crippen LogP contribution is 2.28. The maximum atomic E-state index is 12.9. The molecule has 0 heterocycles. The number of carbonyl (C=O) groups excluding carboxylic acids is 1. The van der Waals surface area contributed by atoms with E-state index in [1.807, 2.05) is 25.1 Å². The van der Waals surface area contributed by atoms with Crippen LogP contribution >= 0.6 is 11.8 Å². The number of thioether (sulfide) groups is 1. The number of carbonyl (C=O) groups is 1. The van der Waals surface area contributed by atoms with Crippen LogP contribution in [0.3, 0.4) is 0 Å². The second kappa shape index (κ2) is 9.21. The number of hydrogen-bond donors (Lipinski definition) is 1. The van der Waals surface area contributed by atoms with Crippen LogP contribution in [0.15, 0.2) is 59.5 Å². The third-order valence-electron chi connectivity index (χ3n) is 3.85. The summed E-state index contributed by atoms with van der Waals surface area (Å²) in [4.78, 5) is 12.5. The third kappa shape index (κ3) is 5.09. The summed E-state index contributed by atoms with van der Waals surface area (Å²) >= 11 is 1.26. The van der Waals surface area contributed by atoms with Gasteiger partial charge in [-0.2, -0.15) is 0 Å². The van der Waals surface area contributed by atoms with E-state index in [4.69, 9.17) is 4.74 Å². The van der Waals surface area contributed by atoms with Crippen molar-refractivity contribution >= 4 is 27.8 Å². The minimum atomic E-state index is -3.80. The van der Waals surface area contributed by atoms with E-state index >= 15 is 0 Å². The molecule has 0 aliphatic heterocycles. The van der Waals surface area contributed by atoms with E-state index < -0.39 is 27.3 Å². The molecule has 140 valence electrons. The molecule has 0 amide bonds. The van der Waals surface area contributed by atoms with Gasteiger partial charge < -0.3 is 4.74 Å². The van der Waals surface area contributed by atoms with Gasteiger partial charge >= 0.3 is 5.97 Å². The Balaban J connectivity index is 2.40. The SMILES string of the molecule is CCOC(=O)[C@H](SC)[C@H](NS(=O)(=O)c1ccc(C)cc1)c1ccccc1. The lowest BCUT2D eigenvalue weighted by Crippen LogP contribution is -2.39. The van der Waals surface area contributed by atoms with Gasteiger partial charge in [-0.15, -0.1) is 11.8 Å². The Bertz CT molecular complexity index is 820. The Kier molecular flexibility index (Phi) is 7.25. The fraction of sp³-hybridized carbons (Fsp3) is 0.316. The molecule has 2 aromatic rings. The van der Waals surface area contributed by atoms with Crippen molar-refractivity contribution in [2.24, 2.45) is 0 Å². The molecule has 0 aliphatic carbocycles. The molecule has 0 radical (unpaired) electrons. The number of sulfonamides is 1. The molecule has 0 spiro atoms. The van der Waals surface area contributed by atoms with Gasteiger partial charge in [0.25, 0.3) is 0 Å². The minimum Gasteiger partial charge on any atom is -0.465 e. The van der Waals surface area contributed by atoms with Crippen molar-refractivity contribution < 1.29 is 17.9 Å². The second-order valence-electron chi connectivity index (χ2n) is 5.73. The minimum absolute atomic E-state index is 0.160. The standard InChI is InChI=1S/C19H23NO4S2/c1-4-24-19(21)18(25-3)17(15-8-6-5-7-9-15)20-26(22,23)16-12-10-14(2)11-13-16/h5-13,17-18,20H,4H2,1-3H3/t17-,18-/m1/s1. The quantitative estimate of drug-likeness (QED) is 0.697. The predicted octanol–water partition coefficient (Wildman–Crippen LogP) is 3.31. The van der Waals surface area contributed by atoms with E-state index in [2.05, 4.69) is 4.72 Å². The largest absolute Gasteiger partial charge is 0.465 e. The monoisotopic (exact) mass is 393 g/mol. The maximum Gasteiger partial charge on any atom is 0.321 e. The van der Waals surface area contributed by atoms with E-state index in [9.17, 15) is 13.2 Å². The molecular weight excluding hydrogens is 370 g/mol. The summed E-state index contributed by atoms with van der Waals surface area (Å²) < 4.78 is 33.5. The molecule has 2 aromatic carbocycles. The Morgan fingerprint density at radius 1 is 1.12 bits per heavy atom. The molecule has 26 heavy (non-hydrogen) atoms. The molecule has 1 N–H and O–H groups in total. The molecule has 2 atom stereocenters. The fourth-order valence-corrected chi connectivity index (χ4v) is 4.59. The first-order chi connectivity index (χ1) is 12.4. The van der Waals surface area contributed by atoms with Crippen LogP contribution in [0.1, 0.15) is 24.1 Å². The molecule has 0 saturated heterocycles. The van der Waals surface area contributed by atoms with Crippen molar-refractivity contribution in [3.05, 3.63) is 65.7 Å². The molecular formula is C19H23NO4S2. The Morgan fingerprint density at radius 2 is 1.73 bits per heavy atom. The highest BCUT2D eigenvalue weighted by Gasteiger charge is 2.33. The van der Waals surface area contributed by atoms with E-state index in [-0.39, 0.29) is 11.5 Å². The lowest BCUT2D eigenvalue weighted by molar-refractivity contribution is -0.142. The molecule has 5 nitrogen and oxygen atoms in total. The van der Waals surface area contributed by atoms with Crippen molar-refractivity contribution in [3.8, 4) is 0 Å². The van der Waals surface area contributed by atoms with Gasteiger partial charge in [-0.3, -0.25) is 4.79 Å². The van der Waals surface area contributed by atoms with Crippen molar-refractivity contribution in [2.75, 3.05) is 12.9 Å². The topological polar surface area (TPSA) is 72.5 Å². The summed E-state index contributed by atoms with van der Waals surface area (Å²) in [6, 6.07) is 14.9.